The zero-order valence-electron chi connectivity index (χ0n) is 9.40. The summed E-state index contributed by atoms with van der Waals surface area (Å²) >= 11 is 0. The summed E-state index contributed by atoms with van der Waals surface area (Å²) in [6.45, 7) is 9.41. The first kappa shape index (κ1) is 11.5. The van der Waals surface area contributed by atoms with Crippen molar-refractivity contribution in [2.45, 2.75) is 32.4 Å². The topological polar surface area (TPSA) is 46.9 Å². The molecule has 0 fully saturated rings. The van der Waals surface area contributed by atoms with Crippen LogP contribution in [0.25, 0.3) is 0 Å². The predicted octanol–water partition coefficient (Wildman–Crippen LogP) is 1.52. The van der Waals surface area contributed by atoms with Crippen LogP contribution < -0.4 is 5.32 Å². The van der Waals surface area contributed by atoms with Crippen LogP contribution in [-0.2, 0) is 4.79 Å². The summed E-state index contributed by atoms with van der Waals surface area (Å²) in [6.07, 6.45) is 6.63. The van der Waals surface area contributed by atoms with E-state index in [0.29, 0.717) is 0 Å². The Kier molecular flexibility index (Phi) is 3.29. The van der Waals surface area contributed by atoms with Crippen LogP contribution in [-0.4, -0.2) is 21.0 Å². The number of imidazole rings is 1. The Labute approximate surface area is 90.0 Å². The van der Waals surface area contributed by atoms with Crippen molar-refractivity contribution in [2.24, 2.45) is 0 Å². The number of nitrogens with zero attached hydrogens (tertiary/aromatic N) is 2. The smallest absolute Gasteiger partial charge is 0.243 e. The quantitative estimate of drug-likeness (QED) is 0.761. The molecule has 0 spiro atoms. The first-order valence-electron chi connectivity index (χ1n) is 4.89. The summed E-state index contributed by atoms with van der Waals surface area (Å²) in [4.78, 5) is 15.2. The van der Waals surface area contributed by atoms with Gasteiger partial charge in [0.2, 0.25) is 5.91 Å². The van der Waals surface area contributed by atoms with Gasteiger partial charge in [0, 0.05) is 12.4 Å². The summed E-state index contributed by atoms with van der Waals surface area (Å²) in [6, 6.07) is 0.129. The number of aromatic nitrogens is 2. The molecule has 0 aliphatic carbocycles. The molecule has 1 heterocycles. The maximum Gasteiger partial charge on any atom is 0.243 e. The van der Waals surface area contributed by atoms with E-state index in [9.17, 15) is 4.79 Å². The van der Waals surface area contributed by atoms with E-state index in [0.717, 1.165) is 0 Å². The molecule has 0 saturated carbocycles. The largest absolute Gasteiger partial charge is 0.346 e. The van der Waals surface area contributed by atoms with Crippen molar-refractivity contribution >= 4 is 5.91 Å². The summed E-state index contributed by atoms with van der Waals surface area (Å²) in [7, 11) is 0. The van der Waals surface area contributed by atoms with Crippen molar-refractivity contribution in [3.8, 4) is 0 Å². The minimum absolute atomic E-state index is 0.129. The van der Waals surface area contributed by atoms with E-state index in [4.69, 9.17) is 0 Å². The van der Waals surface area contributed by atoms with E-state index >= 15 is 0 Å². The van der Waals surface area contributed by atoms with Gasteiger partial charge in [0.1, 0.15) is 0 Å². The fourth-order valence-corrected chi connectivity index (χ4v) is 1.34. The average molecular weight is 207 g/mol. The Morgan fingerprint density at radius 2 is 2.33 bits per heavy atom. The molecule has 1 atom stereocenters. The molecule has 1 N–H and O–H groups in total. The van der Waals surface area contributed by atoms with Gasteiger partial charge in [0.15, 0.2) is 0 Å². The lowest BCUT2D eigenvalue weighted by Gasteiger charge is -2.33. The third-order valence-electron chi connectivity index (χ3n) is 2.65. The van der Waals surface area contributed by atoms with E-state index in [2.05, 4.69) is 16.9 Å². The van der Waals surface area contributed by atoms with Crippen LogP contribution in [0.1, 0.15) is 26.8 Å². The van der Waals surface area contributed by atoms with Crippen LogP contribution in [0.2, 0.25) is 0 Å². The monoisotopic (exact) mass is 207 g/mol. The van der Waals surface area contributed by atoms with E-state index in [-0.39, 0.29) is 17.5 Å². The van der Waals surface area contributed by atoms with Gasteiger partial charge >= 0.3 is 0 Å². The lowest BCUT2D eigenvalue weighted by molar-refractivity contribution is -0.118. The van der Waals surface area contributed by atoms with Gasteiger partial charge in [-0.3, -0.25) is 4.79 Å². The maximum absolute atomic E-state index is 11.2. The SMILES string of the molecule is C=CC(=O)NC(C)(C)C(C)n1ccnc1. The second kappa shape index (κ2) is 4.29. The fourth-order valence-electron chi connectivity index (χ4n) is 1.34. The third-order valence-corrected chi connectivity index (χ3v) is 2.65. The number of hydrogen-bond acceptors (Lipinski definition) is 2. The van der Waals surface area contributed by atoms with Crippen LogP contribution in [0.15, 0.2) is 31.4 Å². The highest BCUT2D eigenvalue weighted by molar-refractivity contribution is 5.87. The van der Waals surface area contributed by atoms with Crippen LogP contribution in [0.5, 0.6) is 0 Å². The zero-order chi connectivity index (χ0) is 11.5. The molecular weight excluding hydrogens is 190 g/mol. The molecule has 0 radical (unpaired) electrons. The molecule has 1 unspecified atom stereocenters. The van der Waals surface area contributed by atoms with E-state index in [1.54, 1.807) is 12.5 Å². The molecule has 0 saturated heterocycles. The maximum atomic E-state index is 11.2. The van der Waals surface area contributed by atoms with Gasteiger partial charge in [-0.25, -0.2) is 4.98 Å². The molecular formula is C11H17N3O. The predicted molar refractivity (Wildman–Crippen MR) is 59.4 cm³/mol. The van der Waals surface area contributed by atoms with Crippen LogP contribution in [0.3, 0.4) is 0 Å². The molecule has 82 valence electrons. The van der Waals surface area contributed by atoms with Crippen molar-refractivity contribution < 1.29 is 4.79 Å². The van der Waals surface area contributed by atoms with Crippen LogP contribution in [0, 0.1) is 0 Å². The highest BCUT2D eigenvalue weighted by Crippen LogP contribution is 2.21. The third kappa shape index (κ3) is 2.68. The molecule has 0 aliphatic heterocycles. The fraction of sp³-hybridized carbons (Fsp3) is 0.455. The molecule has 4 heteroatoms. The Hall–Kier alpha value is -1.58. The summed E-state index contributed by atoms with van der Waals surface area (Å²) in [5.74, 6) is -0.160. The molecule has 4 nitrogen and oxygen atoms in total. The lowest BCUT2D eigenvalue weighted by atomic mass is 9.96. The normalized spacial score (nSPS) is 13.3. The van der Waals surface area contributed by atoms with Gasteiger partial charge in [-0.1, -0.05) is 6.58 Å². The molecule has 0 aromatic carbocycles. The van der Waals surface area contributed by atoms with Gasteiger partial charge in [-0.05, 0) is 26.8 Å². The minimum Gasteiger partial charge on any atom is -0.346 e. The molecule has 1 aromatic heterocycles. The standard InChI is InChI=1S/C11H17N3O/c1-5-10(15)13-11(3,4)9(2)14-7-6-12-8-14/h5-9H,1H2,2-4H3,(H,13,15). The van der Waals surface area contributed by atoms with E-state index in [1.807, 2.05) is 31.5 Å². The van der Waals surface area contributed by atoms with Crippen molar-refractivity contribution in [3.05, 3.63) is 31.4 Å². The minimum atomic E-state index is -0.341. The highest BCUT2D eigenvalue weighted by atomic mass is 16.1. The average Bonchev–Trinajstić information content (AvgIpc) is 2.68. The van der Waals surface area contributed by atoms with Crippen molar-refractivity contribution in [1.82, 2.24) is 14.9 Å². The van der Waals surface area contributed by atoms with E-state index < -0.39 is 0 Å². The Morgan fingerprint density at radius 3 is 2.80 bits per heavy atom. The second-order valence-corrected chi connectivity index (χ2v) is 4.10. The van der Waals surface area contributed by atoms with Crippen LogP contribution >= 0.6 is 0 Å². The Bertz CT molecular complexity index is 341. The van der Waals surface area contributed by atoms with Crippen molar-refractivity contribution in [2.75, 3.05) is 0 Å². The van der Waals surface area contributed by atoms with Crippen LogP contribution in [0.4, 0.5) is 0 Å². The number of rotatable bonds is 4. The van der Waals surface area contributed by atoms with Gasteiger partial charge in [0.25, 0.3) is 0 Å². The number of hydrogen-bond donors (Lipinski definition) is 1. The summed E-state index contributed by atoms with van der Waals surface area (Å²) < 4.78 is 1.96. The molecule has 15 heavy (non-hydrogen) atoms. The molecule has 1 aromatic rings. The molecule has 1 amide bonds. The molecule has 1 rings (SSSR count). The second-order valence-electron chi connectivity index (χ2n) is 4.10. The molecule has 0 aliphatic rings. The summed E-state index contributed by atoms with van der Waals surface area (Å²) in [5.41, 5.74) is -0.341. The van der Waals surface area contributed by atoms with E-state index in [1.165, 1.54) is 6.08 Å². The van der Waals surface area contributed by atoms with Gasteiger partial charge in [-0.2, -0.15) is 0 Å². The Morgan fingerprint density at radius 1 is 1.67 bits per heavy atom. The van der Waals surface area contributed by atoms with Gasteiger partial charge < -0.3 is 9.88 Å². The highest BCUT2D eigenvalue weighted by Gasteiger charge is 2.27. The number of carbonyl (C=O) groups excluding carboxylic acids is 1. The summed E-state index contributed by atoms with van der Waals surface area (Å²) in [5, 5.41) is 2.89. The lowest BCUT2D eigenvalue weighted by Crippen LogP contribution is -2.48. The van der Waals surface area contributed by atoms with Gasteiger partial charge in [-0.15, -0.1) is 0 Å². The van der Waals surface area contributed by atoms with Crippen molar-refractivity contribution in [1.29, 1.82) is 0 Å². The first-order chi connectivity index (χ1) is 6.97. The Balaban J connectivity index is 2.77. The van der Waals surface area contributed by atoms with Crippen molar-refractivity contribution in [3.63, 3.8) is 0 Å². The number of nitrogens with one attached hydrogen (secondary N) is 1. The number of amides is 1. The zero-order valence-corrected chi connectivity index (χ0v) is 9.40. The first-order valence-corrected chi connectivity index (χ1v) is 4.89. The van der Waals surface area contributed by atoms with Gasteiger partial charge in [0.05, 0.1) is 17.9 Å². The number of carbonyl (C=O) groups is 1. The molecule has 0 bridgehead atoms.